The smallest absolute Gasteiger partial charge is 0.407 e. The van der Waals surface area contributed by atoms with E-state index < -0.39 is 5.60 Å². The number of ether oxygens (including phenoxy) is 1. The number of nitrogens with one attached hydrogen (secondary N) is 2. The average Bonchev–Trinajstić information content (AvgIpc) is 2.57. The summed E-state index contributed by atoms with van der Waals surface area (Å²) in [6.45, 7) is 6.55. The summed E-state index contributed by atoms with van der Waals surface area (Å²) in [5.74, 6) is -0.228. The summed E-state index contributed by atoms with van der Waals surface area (Å²) in [4.78, 5) is 36.2. The van der Waals surface area contributed by atoms with E-state index in [9.17, 15) is 14.4 Å². The van der Waals surface area contributed by atoms with Crippen LogP contribution in [0.2, 0.25) is 0 Å². The minimum absolute atomic E-state index is 0.228. The Labute approximate surface area is 160 Å². The third-order valence-electron chi connectivity index (χ3n) is 4.11. The van der Waals surface area contributed by atoms with Crippen LogP contribution in [0, 0.1) is 0 Å². The summed E-state index contributed by atoms with van der Waals surface area (Å²) < 4.78 is 5.19. The van der Waals surface area contributed by atoms with Crippen LogP contribution >= 0.6 is 0 Å². The highest BCUT2D eigenvalue weighted by atomic mass is 16.6. The lowest BCUT2D eigenvalue weighted by Crippen LogP contribution is -2.49. The summed E-state index contributed by atoms with van der Waals surface area (Å²) in [6, 6.07) is 7.48. The van der Waals surface area contributed by atoms with Crippen molar-refractivity contribution in [3.05, 3.63) is 29.8 Å². The van der Waals surface area contributed by atoms with E-state index in [4.69, 9.17) is 4.74 Å². The van der Waals surface area contributed by atoms with Gasteiger partial charge in [-0.1, -0.05) is 18.6 Å². The Morgan fingerprint density at radius 2 is 1.85 bits per heavy atom. The number of unbranched alkanes of at least 4 members (excludes halogenated alkanes) is 2. The molecule has 1 aliphatic heterocycles. The molecule has 1 heterocycles. The largest absolute Gasteiger partial charge is 0.444 e. The molecule has 0 aromatic heterocycles. The van der Waals surface area contributed by atoms with Gasteiger partial charge >= 0.3 is 12.1 Å². The van der Waals surface area contributed by atoms with Gasteiger partial charge in [0.2, 0.25) is 5.91 Å². The van der Waals surface area contributed by atoms with Crippen LogP contribution in [0.3, 0.4) is 0 Å². The normalized spacial score (nSPS) is 14.7. The first kappa shape index (κ1) is 20.7. The maximum absolute atomic E-state index is 11.8. The highest BCUT2D eigenvalue weighted by Gasteiger charge is 2.23. The second-order valence-electron chi connectivity index (χ2n) is 7.66. The number of aryl methyl sites for hydroxylation is 1. The van der Waals surface area contributed by atoms with Crippen LogP contribution in [0.15, 0.2) is 24.3 Å². The molecule has 1 saturated heterocycles. The van der Waals surface area contributed by atoms with E-state index in [0.29, 0.717) is 19.5 Å². The first-order valence-corrected chi connectivity index (χ1v) is 9.42. The predicted molar refractivity (Wildman–Crippen MR) is 104 cm³/mol. The van der Waals surface area contributed by atoms with Gasteiger partial charge in [-0.15, -0.1) is 0 Å². The molecule has 4 amide bonds. The van der Waals surface area contributed by atoms with Gasteiger partial charge in [-0.2, -0.15) is 0 Å². The number of carbonyl (C=O) groups excluding carboxylic acids is 3. The molecule has 148 valence electrons. The van der Waals surface area contributed by atoms with Crippen molar-refractivity contribution in [2.75, 3.05) is 18.0 Å². The number of nitrogens with zero attached hydrogens (tertiary/aromatic N) is 1. The number of hydrogen-bond donors (Lipinski definition) is 2. The van der Waals surface area contributed by atoms with E-state index in [1.54, 1.807) is 4.90 Å². The van der Waals surface area contributed by atoms with Crippen LogP contribution in [-0.2, 0) is 16.0 Å². The molecule has 1 aromatic carbocycles. The Balaban J connectivity index is 1.65. The van der Waals surface area contributed by atoms with Crippen molar-refractivity contribution < 1.29 is 19.1 Å². The van der Waals surface area contributed by atoms with Crippen LogP contribution in [0.1, 0.15) is 52.0 Å². The molecule has 27 heavy (non-hydrogen) atoms. The van der Waals surface area contributed by atoms with Crippen LogP contribution in [0.4, 0.5) is 15.3 Å². The molecular weight excluding hydrogens is 346 g/mol. The molecule has 2 N–H and O–H groups in total. The maximum atomic E-state index is 11.8. The Morgan fingerprint density at radius 1 is 1.15 bits per heavy atom. The number of imide groups is 1. The van der Waals surface area contributed by atoms with Gasteiger partial charge in [-0.3, -0.25) is 15.0 Å². The number of rotatable bonds is 7. The van der Waals surface area contributed by atoms with Crippen LogP contribution in [0.5, 0.6) is 0 Å². The monoisotopic (exact) mass is 375 g/mol. The molecule has 0 atom stereocenters. The number of carbonyl (C=O) groups is 3. The molecule has 0 radical (unpaired) electrons. The van der Waals surface area contributed by atoms with Crippen molar-refractivity contribution in [2.45, 2.75) is 58.5 Å². The van der Waals surface area contributed by atoms with E-state index in [0.717, 1.165) is 31.4 Å². The van der Waals surface area contributed by atoms with Gasteiger partial charge < -0.3 is 10.1 Å². The molecule has 0 unspecified atom stereocenters. The Kier molecular flexibility index (Phi) is 7.21. The zero-order valence-electron chi connectivity index (χ0n) is 16.3. The Bertz CT molecular complexity index is 665. The lowest BCUT2D eigenvalue weighted by molar-refractivity contribution is -0.120. The van der Waals surface area contributed by atoms with Gasteiger partial charge in [0.15, 0.2) is 0 Å². The highest BCUT2D eigenvalue weighted by Crippen LogP contribution is 2.19. The number of anilines is 1. The maximum Gasteiger partial charge on any atom is 0.407 e. The summed E-state index contributed by atoms with van der Waals surface area (Å²) >= 11 is 0. The summed E-state index contributed by atoms with van der Waals surface area (Å²) in [5.41, 5.74) is 1.53. The van der Waals surface area contributed by atoms with Crippen molar-refractivity contribution in [1.82, 2.24) is 10.6 Å². The predicted octanol–water partition coefficient (Wildman–Crippen LogP) is 3.37. The molecule has 1 aromatic rings. The molecule has 2 rings (SSSR count). The van der Waals surface area contributed by atoms with Gasteiger partial charge in [0.25, 0.3) is 0 Å². The molecule has 7 heteroatoms. The van der Waals surface area contributed by atoms with E-state index in [1.807, 2.05) is 45.0 Å². The van der Waals surface area contributed by atoms with Crippen molar-refractivity contribution in [3.8, 4) is 0 Å². The fraction of sp³-hybridized carbons (Fsp3) is 0.550. The minimum Gasteiger partial charge on any atom is -0.444 e. The lowest BCUT2D eigenvalue weighted by Gasteiger charge is -2.26. The van der Waals surface area contributed by atoms with Crippen molar-refractivity contribution >= 4 is 23.7 Å². The SMILES string of the molecule is CC(C)(C)OC(=O)NCCCCCc1ccc(N2CCC(=O)NC2=O)cc1. The number of benzene rings is 1. The average molecular weight is 375 g/mol. The molecule has 7 nitrogen and oxygen atoms in total. The zero-order chi connectivity index (χ0) is 19.9. The van der Waals surface area contributed by atoms with E-state index in [-0.39, 0.29) is 18.0 Å². The topological polar surface area (TPSA) is 87.7 Å². The zero-order valence-corrected chi connectivity index (χ0v) is 16.3. The standard InChI is InChI=1S/C20H29N3O4/c1-20(2,3)27-19(26)21-13-6-4-5-7-15-8-10-16(11-9-15)23-14-12-17(24)22-18(23)25/h8-11H,4-7,12-14H2,1-3H3,(H,21,26)(H,22,24,25). The summed E-state index contributed by atoms with van der Waals surface area (Å²) in [5, 5.41) is 5.09. The highest BCUT2D eigenvalue weighted by molar-refractivity contribution is 6.05. The molecule has 1 aliphatic rings. The Hall–Kier alpha value is -2.57. The van der Waals surface area contributed by atoms with E-state index in [1.165, 1.54) is 5.56 Å². The van der Waals surface area contributed by atoms with Crippen molar-refractivity contribution in [1.29, 1.82) is 0 Å². The van der Waals surface area contributed by atoms with E-state index >= 15 is 0 Å². The number of alkyl carbamates (subject to hydrolysis) is 1. The van der Waals surface area contributed by atoms with Crippen LogP contribution < -0.4 is 15.5 Å². The van der Waals surface area contributed by atoms with Gasteiger partial charge in [-0.05, 0) is 57.7 Å². The number of urea groups is 1. The third-order valence-corrected chi connectivity index (χ3v) is 4.11. The van der Waals surface area contributed by atoms with Crippen molar-refractivity contribution in [3.63, 3.8) is 0 Å². The fourth-order valence-corrected chi connectivity index (χ4v) is 2.79. The second kappa shape index (κ2) is 9.39. The van der Waals surface area contributed by atoms with Gasteiger partial charge in [0.1, 0.15) is 5.60 Å². The number of hydrogen-bond acceptors (Lipinski definition) is 4. The minimum atomic E-state index is -0.472. The quantitative estimate of drug-likeness (QED) is 0.715. The van der Waals surface area contributed by atoms with Crippen molar-refractivity contribution in [2.24, 2.45) is 0 Å². The molecule has 0 bridgehead atoms. The van der Waals surface area contributed by atoms with E-state index in [2.05, 4.69) is 10.6 Å². The number of amides is 4. The lowest BCUT2D eigenvalue weighted by atomic mass is 10.1. The van der Waals surface area contributed by atoms with Gasteiger partial charge in [0.05, 0.1) is 0 Å². The van der Waals surface area contributed by atoms with Gasteiger partial charge in [-0.25, -0.2) is 9.59 Å². The first-order valence-electron chi connectivity index (χ1n) is 9.42. The summed E-state index contributed by atoms with van der Waals surface area (Å²) in [6.07, 6.45) is 3.82. The van der Waals surface area contributed by atoms with Gasteiger partial charge in [0, 0.05) is 25.2 Å². The third kappa shape index (κ3) is 7.29. The molecule has 0 spiro atoms. The van der Waals surface area contributed by atoms with Crippen LogP contribution in [0.25, 0.3) is 0 Å². The Morgan fingerprint density at radius 3 is 2.48 bits per heavy atom. The first-order chi connectivity index (χ1) is 12.7. The second-order valence-corrected chi connectivity index (χ2v) is 7.66. The molecular formula is C20H29N3O4. The van der Waals surface area contributed by atoms with Crippen LogP contribution in [-0.4, -0.2) is 36.7 Å². The fourth-order valence-electron chi connectivity index (χ4n) is 2.79. The molecule has 1 fully saturated rings. The summed E-state index contributed by atoms with van der Waals surface area (Å²) in [7, 11) is 0. The molecule has 0 aliphatic carbocycles. The molecule has 0 saturated carbocycles.